The van der Waals surface area contributed by atoms with E-state index in [0.717, 1.165) is 0 Å². The molecule has 0 amide bonds. The fraction of sp³-hybridized carbons (Fsp3) is 0.417. The van der Waals surface area contributed by atoms with Crippen LogP contribution in [0, 0.1) is 20.2 Å². The number of carbonyl (C=O) groups excluding carboxylic acids is 2. The number of allylic oxidation sites excluding steroid dienone is 2. The van der Waals surface area contributed by atoms with E-state index in [2.05, 4.69) is 16.7 Å². The minimum atomic E-state index is -2.29. The predicted molar refractivity (Wildman–Crippen MR) is 127 cm³/mol. The number of nitrogens with one attached hydrogen (secondary N) is 1. The van der Waals surface area contributed by atoms with Gasteiger partial charge in [-0.3, -0.25) is 14.9 Å². The van der Waals surface area contributed by atoms with Crippen molar-refractivity contribution in [1.82, 2.24) is 5.32 Å². The molecule has 0 bridgehead atoms. The zero-order chi connectivity index (χ0) is 27.8. The summed E-state index contributed by atoms with van der Waals surface area (Å²) >= 11 is 0. The number of nitrogens with zero attached hydrogens (tertiary/aromatic N) is 2. The average Bonchev–Trinajstić information content (AvgIpc) is 3.42. The van der Waals surface area contributed by atoms with Gasteiger partial charge in [-0.25, -0.2) is 4.79 Å². The number of hydrogen-bond acceptors (Lipinski definition) is 12. The minimum Gasteiger partial charge on any atom is -0.458 e. The second kappa shape index (κ2) is 10.3. The molecule has 2 fully saturated rings. The maximum atomic E-state index is 14.1. The maximum absolute atomic E-state index is 14.1. The number of nitro benzene ring substituents is 1. The van der Waals surface area contributed by atoms with Crippen molar-refractivity contribution in [2.45, 2.75) is 43.7 Å². The van der Waals surface area contributed by atoms with Crippen LogP contribution in [0.25, 0.3) is 0 Å². The first-order chi connectivity index (χ1) is 18.0. The number of carbonyl (C=O) groups is 2. The molecule has 38 heavy (non-hydrogen) atoms. The number of dihydropyridines is 1. The van der Waals surface area contributed by atoms with E-state index in [9.17, 15) is 34.9 Å². The van der Waals surface area contributed by atoms with Gasteiger partial charge in [-0.1, -0.05) is 24.8 Å². The summed E-state index contributed by atoms with van der Waals surface area (Å²) in [5, 5.41) is 35.8. The molecule has 14 heteroatoms. The molecule has 3 heterocycles. The Balaban J connectivity index is 1.79. The summed E-state index contributed by atoms with van der Waals surface area (Å²) < 4.78 is 16.3. The van der Waals surface area contributed by atoms with Crippen molar-refractivity contribution in [2.75, 3.05) is 19.8 Å². The summed E-state index contributed by atoms with van der Waals surface area (Å²) in [6.45, 7) is 5.67. The number of non-ortho nitro benzene ring substituents is 1. The number of fused-ring (bicyclic) bond motifs is 1. The first kappa shape index (κ1) is 26.9. The quantitative estimate of drug-likeness (QED) is 0.201. The standard InChI is InChI=1S/C24H25N3O11/c1-4-8-35-23(29)18-13(3)25-12(2)17(19(18)14-6-5-7-15(9-14)26(31)32)21(28)24(30)11-37-20-16(38-27(33)34)10-36-22(20)24/h4-7,9,16,19-20,22,25,30H,1,8,10-11H2,2-3H3/t16-,19?,20-,22+,24-/m1/s1. The zero-order valence-electron chi connectivity index (χ0n) is 20.4. The van der Waals surface area contributed by atoms with E-state index >= 15 is 0 Å². The summed E-state index contributed by atoms with van der Waals surface area (Å²) in [6, 6.07) is 5.43. The summed E-state index contributed by atoms with van der Waals surface area (Å²) in [5.41, 5.74) is -1.79. The average molecular weight is 531 g/mol. The molecule has 0 aliphatic carbocycles. The van der Waals surface area contributed by atoms with E-state index in [1.807, 2.05) is 0 Å². The Bertz CT molecular complexity index is 1270. The molecule has 2 saturated heterocycles. The molecule has 0 radical (unpaired) electrons. The van der Waals surface area contributed by atoms with E-state index < -0.39 is 58.2 Å². The predicted octanol–water partition coefficient (Wildman–Crippen LogP) is 1.23. The van der Waals surface area contributed by atoms with Gasteiger partial charge in [0.25, 0.3) is 10.8 Å². The Kier molecular flexibility index (Phi) is 7.31. The molecule has 1 aromatic carbocycles. The number of nitro groups is 1. The monoisotopic (exact) mass is 531 g/mol. The van der Waals surface area contributed by atoms with E-state index in [4.69, 9.17) is 14.2 Å². The van der Waals surface area contributed by atoms with Crippen LogP contribution in [0.5, 0.6) is 0 Å². The third-order valence-corrected chi connectivity index (χ3v) is 6.66. The fourth-order valence-corrected chi connectivity index (χ4v) is 5.05. The summed E-state index contributed by atoms with van der Waals surface area (Å²) in [4.78, 5) is 53.5. The molecule has 0 aromatic heterocycles. The lowest BCUT2D eigenvalue weighted by Gasteiger charge is -2.35. The number of hydrogen-bond donors (Lipinski definition) is 2. The molecule has 4 rings (SSSR count). The van der Waals surface area contributed by atoms with Crippen molar-refractivity contribution in [3.8, 4) is 0 Å². The van der Waals surface area contributed by atoms with Gasteiger partial charge in [0.1, 0.15) is 18.8 Å². The van der Waals surface area contributed by atoms with Gasteiger partial charge in [0.05, 0.1) is 23.7 Å². The first-order valence-corrected chi connectivity index (χ1v) is 11.5. The van der Waals surface area contributed by atoms with Crippen LogP contribution >= 0.6 is 0 Å². The van der Waals surface area contributed by atoms with E-state index in [0.29, 0.717) is 5.70 Å². The van der Waals surface area contributed by atoms with Gasteiger partial charge in [0.2, 0.25) is 0 Å². The van der Waals surface area contributed by atoms with Gasteiger partial charge < -0.3 is 29.5 Å². The van der Waals surface area contributed by atoms with Crippen LogP contribution < -0.4 is 5.32 Å². The first-order valence-electron chi connectivity index (χ1n) is 11.5. The molecule has 3 aliphatic heterocycles. The molecular weight excluding hydrogens is 506 g/mol. The van der Waals surface area contributed by atoms with Crippen LogP contribution in [0.3, 0.4) is 0 Å². The van der Waals surface area contributed by atoms with Crippen molar-refractivity contribution < 1.29 is 43.8 Å². The van der Waals surface area contributed by atoms with Crippen LogP contribution in [0.2, 0.25) is 0 Å². The van der Waals surface area contributed by atoms with Crippen LogP contribution in [0.4, 0.5) is 5.69 Å². The second-order valence-electron chi connectivity index (χ2n) is 9.02. The normalized spacial score (nSPS) is 28.4. The van der Waals surface area contributed by atoms with Gasteiger partial charge in [-0.05, 0) is 19.4 Å². The molecule has 0 saturated carbocycles. The number of ketones is 1. The SMILES string of the molecule is C=CCOC(=O)C1=C(C)NC(C)=C(C(=O)[C@]2(O)CO[C@@H]3[C@H](O[N+](=O)[O-])CO[C@@H]32)C1c1cccc([N+](=O)[O-])c1. The summed E-state index contributed by atoms with van der Waals surface area (Å²) in [6.07, 6.45) is -2.19. The zero-order valence-corrected chi connectivity index (χ0v) is 20.4. The largest absolute Gasteiger partial charge is 0.458 e. The van der Waals surface area contributed by atoms with Crippen LogP contribution in [0.15, 0.2) is 59.5 Å². The van der Waals surface area contributed by atoms with Crippen LogP contribution in [-0.2, 0) is 28.6 Å². The molecule has 1 aromatic rings. The number of ether oxygens (including phenoxy) is 3. The van der Waals surface area contributed by atoms with Crippen LogP contribution in [0.1, 0.15) is 25.3 Å². The Hall–Kier alpha value is -4.14. The molecule has 202 valence electrons. The number of aliphatic hydroxyl groups is 1. The van der Waals surface area contributed by atoms with Crippen LogP contribution in [-0.4, -0.2) is 70.6 Å². The van der Waals surface area contributed by atoms with Gasteiger partial charge >= 0.3 is 5.97 Å². The topological polar surface area (TPSA) is 190 Å². The minimum absolute atomic E-state index is 0.00210. The molecule has 0 spiro atoms. The fourth-order valence-electron chi connectivity index (χ4n) is 5.05. The maximum Gasteiger partial charge on any atom is 0.337 e. The second-order valence-corrected chi connectivity index (χ2v) is 9.02. The highest BCUT2D eigenvalue weighted by molar-refractivity contribution is 6.08. The number of Topliss-reactive ketones (excluding diaryl/α,β-unsaturated/α-hetero) is 1. The third-order valence-electron chi connectivity index (χ3n) is 6.66. The molecule has 1 unspecified atom stereocenters. The summed E-state index contributed by atoms with van der Waals surface area (Å²) in [5.74, 6) is -2.85. The van der Waals surface area contributed by atoms with Crippen molar-refractivity contribution in [3.05, 3.63) is 85.3 Å². The lowest BCUT2D eigenvalue weighted by atomic mass is 9.74. The van der Waals surface area contributed by atoms with E-state index in [-0.39, 0.29) is 41.3 Å². The van der Waals surface area contributed by atoms with Gasteiger partial charge in [0.15, 0.2) is 17.5 Å². The van der Waals surface area contributed by atoms with Gasteiger partial charge in [-0.2, -0.15) is 0 Å². The smallest absolute Gasteiger partial charge is 0.337 e. The number of benzene rings is 1. The van der Waals surface area contributed by atoms with Gasteiger partial charge in [-0.15, -0.1) is 10.1 Å². The highest BCUT2D eigenvalue weighted by Crippen LogP contribution is 2.45. The lowest BCUT2D eigenvalue weighted by molar-refractivity contribution is -0.769. The Morgan fingerprint density at radius 1 is 1.24 bits per heavy atom. The summed E-state index contributed by atoms with van der Waals surface area (Å²) in [7, 11) is 0. The molecule has 5 atom stereocenters. The molecular formula is C24H25N3O11. The molecule has 3 aliphatic rings. The highest BCUT2D eigenvalue weighted by atomic mass is 17.0. The molecule has 2 N–H and O–H groups in total. The van der Waals surface area contributed by atoms with Gasteiger partial charge in [0, 0.05) is 35.0 Å². The number of esters is 1. The number of rotatable bonds is 9. The van der Waals surface area contributed by atoms with Crippen molar-refractivity contribution in [2.24, 2.45) is 0 Å². The van der Waals surface area contributed by atoms with Crippen molar-refractivity contribution >= 4 is 17.4 Å². The Morgan fingerprint density at radius 2 is 1.95 bits per heavy atom. The lowest BCUT2D eigenvalue weighted by Crippen LogP contribution is -2.53. The van der Waals surface area contributed by atoms with Crippen molar-refractivity contribution in [3.63, 3.8) is 0 Å². The van der Waals surface area contributed by atoms with Crippen molar-refractivity contribution in [1.29, 1.82) is 0 Å². The highest BCUT2D eigenvalue weighted by Gasteiger charge is 2.62. The molecule has 14 nitrogen and oxygen atoms in total. The Morgan fingerprint density at radius 3 is 2.61 bits per heavy atom. The Labute approximate surface area is 215 Å². The van der Waals surface area contributed by atoms with E-state index in [1.165, 1.54) is 30.3 Å². The third kappa shape index (κ3) is 4.64. The van der Waals surface area contributed by atoms with E-state index in [1.54, 1.807) is 13.8 Å².